The molecule has 0 fully saturated rings. The van der Waals surface area contributed by atoms with Crippen molar-refractivity contribution in [2.45, 2.75) is 53.0 Å². The van der Waals surface area contributed by atoms with Crippen LogP contribution in [0.25, 0.3) is 0 Å². The highest BCUT2D eigenvalue weighted by Gasteiger charge is 2.18. The summed E-state index contributed by atoms with van der Waals surface area (Å²) in [6.45, 7) is 10.7. The third-order valence-electron chi connectivity index (χ3n) is 2.78. The summed E-state index contributed by atoms with van der Waals surface area (Å²) in [5, 5.41) is 2.92. The summed E-state index contributed by atoms with van der Waals surface area (Å²) in [6.07, 6.45) is 2.23. The van der Waals surface area contributed by atoms with Gasteiger partial charge in [0.2, 0.25) is 0 Å². The molecule has 1 aromatic rings. The normalized spacial score (nSPS) is 11.3. The first-order chi connectivity index (χ1) is 9.23. The molecule has 5 nitrogen and oxygen atoms in total. The fourth-order valence-electron chi connectivity index (χ4n) is 1.78. The van der Waals surface area contributed by atoms with Gasteiger partial charge in [-0.1, -0.05) is 13.3 Å². The molecule has 0 aromatic carbocycles. The van der Waals surface area contributed by atoms with Crippen LogP contribution in [-0.2, 0) is 0 Å². The van der Waals surface area contributed by atoms with Crippen LogP contribution in [0.3, 0.4) is 0 Å². The Labute approximate surface area is 121 Å². The van der Waals surface area contributed by atoms with Crippen molar-refractivity contribution in [1.82, 2.24) is 15.3 Å². The van der Waals surface area contributed by atoms with E-state index in [9.17, 15) is 4.79 Å². The van der Waals surface area contributed by atoms with Crippen molar-refractivity contribution in [2.75, 3.05) is 18.5 Å². The van der Waals surface area contributed by atoms with Crippen molar-refractivity contribution >= 4 is 11.7 Å². The molecule has 1 rings (SSSR count). The van der Waals surface area contributed by atoms with Crippen LogP contribution in [0, 0.1) is 6.92 Å². The van der Waals surface area contributed by atoms with Gasteiger partial charge in [0.15, 0.2) is 0 Å². The number of carbonyl (C=O) groups is 1. The zero-order valence-corrected chi connectivity index (χ0v) is 13.4. The molecule has 0 spiro atoms. The summed E-state index contributed by atoms with van der Waals surface area (Å²) in [5.41, 5.74) is 0.148. The summed E-state index contributed by atoms with van der Waals surface area (Å²) >= 11 is 0. The molecule has 0 aliphatic heterocycles. The molecular weight excluding hydrogens is 252 g/mol. The van der Waals surface area contributed by atoms with Crippen LogP contribution in [0.2, 0.25) is 0 Å². The number of hydrogen-bond acceptors (Lipinski definition) is 4. The Hall–Kier alpha value is -1.65. The van der Waals surface area contributed by atoms with E-state index < -0.39 is 0 Å². The van der Waals surface area contributed by atoms with E-state index in [1.807, 2.05) is 34.7 Å². The van der Waals surface area contributed by atoms with E-state index in [1.165, 1.54) is 0 Å². The predicted molar refractivity (Wildman–Crippen MR) is 82.2 cm³/mol. The number of nitrogens with zero attached hydrogens (tertiary/aromatic N) is 3. The Morgan fingerprint density at radius 2 is 2.00 bits per heavy atom. The van der Waals surface area contributed by atoms with Crippen molar-refractivity contribution in [1.29, 1.82) is 0 Å². The van der Waals surface area contributed by atoms with Crippen molar-refractivity contribution in [3.63, 3.8) is 0 Å². The first kappa shape index (κ1) is 16.4. The van der Waals surface area contributed by atoms with E-state index in [0.29, 0.717) is 11.5 Å². The van der Waals surface area contributed by atoms with Crippen molar-refractivity contribution < 1.29 is 4.79 Å². The van der Waals surface area contributed by atoms with E-state index in [1.54, 1.807) is 6.07 Å². The van der Waals surface area contributed by atoms with E-state index in [0.717, 1.165) is 25.2 Å². The fourth-order valence-corrected chi connectivity index (χ4v) is 1.78. The Morgan fingerprint density at radius 3 is 2.55 bits per heavy atom. The Morgan fingerprint density at radius 1 is 1.35 bits per heavy atom. The SMILES string of the molecule is CCCCN(C)c1cc(C(=O)NC(C)(C)C)nc(C)n1. The molecule has 0 unspecified atom stereocenters. The van der Waals surface area contributed by atoms with Gasteiger partial charge >= 0.3 is 0 Å². The highest BCUT2D eigenvalue weighted by molar-refractivity contribution is 5.93. The Bertz CT molecular complexity index is 465. The van der Waals surface area contributed by atoms with Crippen LogP contribution in [-0.4, -0.2) is 35.0 Å². The van der Waals surface area contributed by atoms with Gasteiger partial charge in [0, 0.05) is 25.2 Å². The summed E-state index contributed by atoms with van der Waals surface area (Å²) in [5.74, 6) is 1.25. The molecule has 1 amide bonds. The topological polar surface area (TPSA) is 58.1 Å². The molecule has 0 saturated carbocycles. The van der Waals surface area contributed by atoms with Crippen LogP contribution >= 0.6 is 0 Å². The molecule has 0 aliphatic rings. The highest BCUT2D eigenvalue weighted by Crippen LogP contribution is 2.13. The molecule has 5 heteroatoms. The number of unbranched alkanes of at least 4 members (excludes halogenated alkanes) is 1. The summed E-state index contributed by atoms with van der Waals surface area (Å²) < 4.78 is 0. The van der Waals surface area contributed by atoms with Crippen molar-refractivity contribution in [3.05, 3.63) is 17.6 Å². The summed E-state index contributed by atoms with van der Waals surface area (Å²) in [4.78, 5) is 22.9. The molecule has 1 heterocycles. The van der Waals surface area contributed by atoms with Crippen LogP contribution in [0.5, 0.6) is 0 Å². The van der Waals surface area contributed by atoms with Crippen LogP contribution in [0.1, 0.15) is 56.8 Å². The summed E-state index contributed by atoms with van der Waals surface area (Å²) in [6, 6.07) is 1.75. The number of anilines is 1. The maximum absolute atomic E-state index is 12.2. The second-order valence-corrected chi connectivity index (χ2v) is 6.14. The van der Waals surface area contributed by atoms with Crippen LogP contribution in [0.4, 0.5) is 5.82 Å². The van der Waals surface area contributed by atoms with Crippen molar-refractivity contribution in [3.8, 4) is 0 Å². The zero-order chi connectivity index (χ0) is 15.3. The second kappa shape index (κ2) is 6.68. The van der Waals surface area contributed by atoms with Gasteiger partial charge in [-0.3, -0.25) is 4.79 Å². The van der Waals surface area contributed by atoms with Gasteiger partial charge in [-0.25, -0.2) is 9.97 Å². The number of amides is 1. The minimum Gasteiger partial charge on any atom is -0.360 e. The lowest BCUT2D eigenvalue weighted by Gasteiger charge is -2.22. The molecule has 1 aromatic heterocycles. The molecule has 0 radical (unpaired) electrons. The second-order valence-electron chi connectivity index (χ2n) is 6.14. The van der Waals surface area contributed by atoms with Gasteiger partial charge in [-0.2, -0.15) is 0 Å². The molecule has 0 aliphatic carbocycles. The van der Waals surface area contributed by atoms with Crippen molar-refractivity contribution in [2.24, 2.45) is 0 Å². The smallest absolute Gasteiger partial charge is 0.270 e. The molecule has 1 N–H and O–H groups in total. The molecule has 112 valence electrons. The monoisotopic (exact) mass is 278 g/mol. The molecule has 0 bridgehead atoms. The van der Waals surface area contributed by atoms with E-state index >= 15 is 0 Å². The molecule has 0 atom stereocenters. The number of carbonyl (C=O) groups excluding carboxylic acids is 1. The third kappa shape index (κ3) is 5.15. The molecule has 20 heavy (non-hydrogen) atoms. The quantitative estimate of drug-likeness (QED) is 0.899. The largest absolute Gasteiger partial charge is 0.360 e. The average Bonchev–Trinajstić information content (AvgIpc) is 2.33. The number of nitrogens with one attached hydrogen (secondary N) is 1. The minimum absolute atomic E-state index is 0.159. The first-order valence-corrected chi connectivity index (χ1v) is 7.12. The van der Waals surface area contributed by atoms with Gasteiger partial charge in [0.25, 0.3) is 5.91 Å². The van der Waals surface area contributed by atoms with Gasteiger partial charge < -0.3 is 10.2 Å². The lowest BCUT2D eigenvalue weighted by Crippen LogP contribution is -2.41. The van der Waals surface area contributed by atoms with E-state index in [4.69, 9.17) is 0 Å². The summed E-state index contributed by atoms with van der Waals surface area (Å²) in [7, 11) is 1.99. The van der Waals surface area contributed by atoms with Gasteiger partial charge in [0.05, 0.1) is 0 Å². The number of hydrogen-bond donors (Lipinski definition) is 1. The van der Waals surface area contributed by atoms with Gasteiger partial charge in [0.1, 0.15) is 17.3 Å². The first-order valence-electron chi connectivity index (χ1n) is 7.12. The average molecular weight is 278 g/mol. The maximum atomic E-state index is 12.2. The lowest BCUT2D eigenvalue weighted by atomic mass is 10.1. The Balaban J connectivity index is 2.93. The maximum Gasteiger partial charge on any atom is 0.270 e. The minimum atomic E-state index is -0.274. The number of aromatic nitrogens is 2. The third-order valence-corrected chi connectivity index (χ3v) is 2.78. The van der Waals surface area contributed by atoms with E-state index in [2.05, 4.69) is 27.1 Å². The van der Waals surface area contributed by atoms with Gasteiger partial charge in [-0.05, 0) is 34.1 Å². The lowest BCUT2D eigenvalue weighted by molar-refractivity contribution is 0.0914. The van der Waals surface area contributed by atoms with Crippen LogP contribution < -0.4 is 10.2 Å². The highest BCUT2D eigenvalue weighted by atomic mass is 16.2. The number of aryl methyl sites for hydroxylation is 1. The zero-order valence-electron chi connectivity index (χ0n) is 13.4. The molecular formula is C15H26N4O. The van der Waals surface area contributed by atoms with E-state index in [-0.39, 0.29) is 11.4 Å². The Kier molecular flexibility index (Phi) is 5.48. The number of rotatable bonds is 5. The van der Waals surface area contributed by atoms with Crippen LogP contribution in [0.15, 0.2) is 6.07 Å². The predicted octanol–water partition coefficient (Wildman–Crippen LogP) is 2.55. The standard InChI is InChI=1S/C15H26N4O/c1-7-8-9-19(6)13-10-12(16-11(2)17-13)14(20)18-15(3,4)5/h10H,7-9H2,1-6H3,(H,18,20). The van der Waals surface area contributed by atoms with Gasteiger partial charge in [-0.15, -0.1) is 0 Å². The fraction of sp³-hybridized carbons (Fsp3) is 0.667. The molecule has 0 saturated heterocycles.